The second kappa shape index (κ2) is 5.89. The summed E-state index contributed by atoms with van der Waals surface area (Å²) in [7, 11) is 0. The van der Waals surface area contributed by atoms with Crippen LogP contribution in [0.5, 0.6) is 0 Å². The lowest BCUT2D eigenvalue weighted by atomic mass is 10.1. The molecular formula is C17H23NO. The number of benzene rings is 1. The summed E-state index contributed by atoms with van der Waals surface area (Å²) in [6, 6.07) is 11.3. The van der Waals surface area contributed by atoms with Gasteiger partial charge in [0.25, 0.3) is 0 Å². The lowest BCUT2D eigenvalue weighted by molar-refractivity contribution is -0.0109. The fraction of sp³-hybridized carbons (Fsp3) is 0.529. The first-order chi connectivity index (χ1) is 9.33. The molecule has 1 aliphatic heterocycles. The minimum atomic E-state index is 0.660. The molecule has 0 bridgehead atoms. The Morgan fingerprint density at radius 2 is 2.11 bits per heavy atom. The zero-order chi connectivity index (χ0) is 13.1. The van der Waals surface area contributed by atoms with Gasteiger partial charge in [0.05, 0.1) is 13.2 Å². The quantitative estimate of drug-likeness (QED) is 0.821. The van der Waals surface area contributed by atoms with Crippen molar-refractivity contribution in [1.29, 1.82) is 0 Å². The Labute approximate surface area is 116 Å². The smallest absolute Gasteiger partial charge is 0.0625 e. The molecule has 0 aromatic heterocycles. The van der Waals surface area contributed by atoms with Crippen LogP contribution < -0.4 is 0 Å². The van der Waals surface area contributed by atoms with Crippen LogP contribution in [0.2, 0.25) is 0 Å². The van der Waals surface area contributed by atoms with Crippen molar-refractivity contribution >= 4 is 6.08 Å². The highest BCUT2D eigenvalue weighted by Gasteiger charge is 2.36. The van der Waals surface area contributed by atoms with Gasteiger partial charge in [-0.25, -0.2) is 0 Å². The Bertz CT molecular complexity index is 436. The van der Waals surface area contributed by atoms with E-state index in [1.54, 1.807) is 0 Å². The maximum atomic E-state index is 5.65. The van der Waals surface area contributed by atoms with Crippen LogP contribution >= 0.6 is 0 Å². The van der Waals surface area contributed by atoms with Gasteiger partial charge in [-0.05, 0) is 31.2 Å². The van der Waals surface area contributed by atoms with Crippen molar-refractivity contribution in [2.45, 2.75) is 25.8 Å². The highest BCUT2D eigenvalue weighted by atomic mass is 16.5. The van der Waals surface area contributed by atoms with E-state index in [-0.39, 0.29) is 0 Å². The van der Waals surface area contributed by atoms with Gasteiger partial charge in [-0.1, -0.05) is 42.0 Å². The summed E-state index contributed by atoms with van der Waals surface area (Å²) in [6.45, 7) is 6.23. The highest BCUT2D eigenvalue weighted by molar-refractivity contribution is 5.52. The number of ether oxygens (including phenoxy) is 1. The summed E-state index contributed by atoms with van der Waals surface area (Å²) in [4.78, 5) is 2.62. The summed E-state index contributed by atoms with van der Waals surface area (Å²) in [6.07, 6.45) is 5.09. The van der Waals surface area contributed by atoms with Gasteiger partial charge in [0.15, 0.2) is 0 Å². The van der Waals surface area contributed by atoms with E-state index in [1.807, 2.05) is 0 Å². The number of hydrogen-bond donors (Lipinski definition) is 0. The molecular weight excluding hydrogens is 234 g/mol. The lowest BCUT2D eigenvalue weighted by Crippen LogP contribution is -2.47. The molecule has 1 aromatic carbocycles. The van der Waals surface area contributed by atoms with E-state index >= 15 is 0 Å². The normalized spacial score (nSPS) is 25.5. The van der Waals surface area contributed by atoms with E-state index in [1.165, 1.54) is 24.0 Å². The monoisotopic (exact) mass is 257 g/mol. The second-order valence-corrected chi connectivity index (χ2v) is 5.85. The number of hydrogen-bond acceptors (Lipinski definition) is 2. The van der Waals surface area contributed by atoms with Crippen molar-refractivity contribution in [1.82, 2.24) is 4.90 Å². The van der Waals surface area contributed by atoms with E-state index in [0.29, 0.717) is 6.04 Å². The molecule has 1 aromatic rings. The van der Waals surface area contributed by atoms with Crippen molar-refractivity contribution in [3.05, 3.63) is 41.5 Å². The molecule has 2 heteroatoms. The average Bonchev–Trinajstić information content (AvgIpc) is 3.25. The average molecular weight is 257 g/mol. The van der Waals surface area contributed by atoms with Gasteiger partial charge >= 0.3 is 0 Å². The third-order valence-corrected chi connectivity index (χ3v) is 4.11. The minimum absolute atomic E-state index is 0.660. The van der Waals surface area contributed by atoms with E-state index in [4.69, 9.17) is 4.74 Å². The molecule has 1 unspecified atom stereocenters. The fourth-order valence-corrected chi connectivity index (χ4v) is 2.97. The molecule has 2 nitrogen and oxygen atoms in total. The Hall–Kier alpha value is -1.12. The highest BCUT2D eigenvalue weighted by Crippen LogP contribution is 2.36. The van der Waals surface area contributed by atoms with Crippen LogP contribution in [0.1, 0.15) is 25.3 Å². The molecule has 1 aliphatic carbocycles. The maximum absolute atomic E-state index is 5.65. The standard InChI is InChI=1S/C17H23NO/c1-14(11-15-5-3-2-4-6-15)12-18-9-10-19-13-17(18)16-7-8-16/h2-6,11,16-17H,7-10,12-13H2,1H3. The van der Waals surface area contributed by atoms with Crippen molar-refractivity contribution in [3.8, 4) is 0 Å². The van der Waals surface area contributed by atoms with Crippen molar-refractivity contribution in [3.63, 3.8) is 0 Å². The SMILES string of the molecule is CC(=Cc1ccccc1)CN1CCOCC1C1CC1. The van der Waals surface area contributed by atoms with E-state index in [0.717, 1.165) is 32.2 Å². The van der Waals surface area contributed by atoms with Crippen LogP contribution in [0.4, 0.5) is 0 Å². The predicted octanol–water partition coefficient (Wildman–Crippen LogP) is 3.20. The lowest BCUT2D eigenvalue weighted by Gasteiger charge is -2.36. The minimum Gasteiger partial charge on any atom is -0.378 e. The van der Waals surface area contributed by atoms with Crippen LogP contribution in [0.25, 0.3) is 6.08 Å². The predicted molar refractivity (Wildman–Crippen MR) is 79.0 cm³/mol. The molecule has 0 radical (unpaired) electrons. The van der Waals surface area contributed by atoms with Gasteiger partial charge in [-0.15, -0.1) is 0 Å². The number of morpholine rings is 1. The zero-order valence-electron chi connectivity index (χ0n) is 11.7. The molecule has 1 saturated carbocycles. The molecule has 0 spiro atoms. The number of nitrogens with zero attached hydrogens (tertiary/aromatic N) is 1. The molecule has 2 fully saturated rings. The second-order valence-electron chi connectivity index (χ2n) is 5.85. The summed E-state index contributed by atoms with van der Waals surface area (Å²) in [5, 5.41) is 0. The van der Waals surface area contributed by atoms with E-state index in [2.05, 4.69) is 48.2 Å². The van der Waals surface area contributed by atoms with Crippen LogP contribution in [0.3, 0.4) is 0 Å². The maximum Gasteiger partial charge on any atom is 0.0625 e. The van der Waals surface area contributed by atoms with Gasteiger partial charge in [0.1, 0.15) is 0 Å². The molecule has 1 atom stereocenters. The molecule has 19 heavy (non-hydrogen) atoms. The van der Waals surface area contributed by atoms with Crippen molar-refractivity contribution < 1.29 is 4.74 Å². The Morgan fingerprint density at radius 3 is 2.84 bits per heavy atom. The molecule has 3 rings (SSSR count). The third kappa shape index (κ3) is 3.46. The molecule has 1 heterocycles. The Kier molecular flexibility index (Phi) is 4.00. The van der Waals surface area contributed by atoms with E-state index < -0.39 is 0 Å². The first-order valence-corrected chi connectivity index (χ1v) is 7.37. The van der Waals surface area contributed by atoms with Gasteiger partial charge in [0, 0.05) is 19.1 Å². The Morgan fingerprint density at radius 1 is 1.32 bits per heavy atom. The van der Waals surface area contributed by atoms with Crippen molar-refractivity contribution in [2.75, 3.05) is 26.3 Å². The fourth-order valence-electron chi connectivity index (χ4n) is 2.97. The van der Waals surface area contributed by atoms with Crippen LogP contribution in [0.15, 0.2) is 35.9 Å². The molecule has 102 valence electrons. The summed E-state index contributed by atoms with van der Waals surface area (Å²) in [5.74, 6) is 0.893. The molecule has 2 aliphatic rings. The summed E-state index contributed by atoms with van der Waals surface area (Å²) in [5.41, 5.74) is 2.75. The topological polar surface area (TPSA) is 12.5 Å². The first-order valence-electron chi connectivity index (χ1n) is 7.37. The van der Waals surface area contributed by atoms with Crippen LogP contribution in [-0.4, -0.2) is 37.2 Å². The van der Waals surface area contributed by atoms with Crippen LogP contribution in [0, 0.1) is 5.92 Å². The summed E-state index contributed by atoms with van der Waals surface area (Å²) >= 11 is 0. The zero-order valence-corrected chi connectivity index (χ0v) is 11.7. The van der Waals surface area contributed by atoms with Crippen molar-refractivity contribution in [2.24, 2.45) is 5.92 Å². The van der Waals surface area contributed by atoms with Crippen LogP contribution in [-0.2, 0) is 4.74 Å². The van der Waals surface area contributed by atoms with Gasteiger partial charge < -0.3 is 4.74 Å². The van der Waals surface area contributed by atoms with Gasteiger partial charge in [0.2, 0.25) is 0 Å². The Balaban J connectivity index is 1.64. The van der Waals surface area contributed by atoms with Gasteiger partial charge in [-0.2, -0.15) is 0 Å². The summed E-state index contributed by atoms with van der Waals surface area (Å²) < 4.78 is 5.65. The molecule has 1 saturated heterocycles. The van der Waals surface area contributed by atoms with Gasteiger partial charge in [-0.3, -0.25) is 4.90 Å². The molecule has 0 amide bonds. The molecule has 0 N–H and O–H groups in total. The number of rotatable bonds is 4. The first kappa shape index (κ1) is 12.9. The largest absolute Gasteiger partial charge is 0.378 e. The third-order valence-electron chi connectivity index (χ3n) is 4.11. The van der Waals surface area contributed by atoms with E-state index in [9.17, 15) is 0 Å².